The van der Waals surface area contributed by atoms with E-state index in [0.29, 0.717) is 13.1 Å². The lowest BCUT2D eigenvalue weighted by Gasteiger charge is -2.20. The Bertz CT molecular complexity index is 270. The Morgan fingerprint density at radius 1 is 1.62 bits per heavy atom. The Kier molecular flexibility index (Phi) is 4.70. The van der Waals surface area contributed by atoms with Crippen LogP contribution in [0, 0.1) is 0 Å². The molecule has 0 radical (unpaired) electrons. The summed E-state index contributed by atoms with van der Waals surface area (Å²) in [5.41, 5.74) is 5.65. The van der Waals surface area contributed by atoms with E-state index in [1.54, 1.807) is 4.90 Å². The standard InChI is InChI=1S/C10H19N3O3/c1-7(14)12-8-3-4-13(5-8)10(15)9(11)6-16-2/h8-9H,3-6,11H2,1-2H3,(H,12,14). The zero-order valence-electron chi connectivity index (χ0n) is 9.73. The van der Waals surface area contributed by atoms with Gasteiger partial charge in [0.05, 0.1) is 6.61 Å². The van der Waals surface area contributed by atoms with Crippen molar-refractivity contribution in [2.75, 3.05) is 26.8 Å². The van der Waals surface area contributed by atoms with Crippen LogP contribution >= 0.6 is 0 Å². The van der Waals surface area contributed by atoms with Crippen molar-refractivity contribution >= 4 is 11.8 Å². The van der Waals surface area contributed by atoms with Crippen molar-refractivity contribution < 1.29 is 14.3 Å². The number of nitrogens with two attached hydrogens (primary N) is 1. The lowest BCUT2D eigenvalue weighted by Crippen LogP contribution is -2.46. The normalized spacial score (nSPS) is 21.9. The molecule has 1 aliphatic rings. The van der Waals surface area contributed by atoms with Crippen LogP contribution in [-0.4, -0.2) is 55.6 Å². The first-order valence-electron chi connectivity index (χ1n) is 5.35. The average Bonchev–Trinajstić information content (AvgIpc) is 2.64. The molecule has 0 bridgehead atoms. The number of ether oxygens (including phenoxy) is 1. The smallest absolute Gasteiger partial charge is 0.241 e. The first-order chi connectivity index (χ1) is 7.54. The second-order valence-corrected chi connectivity index (χ2v) is 4.03. The largest absolute Gasteiger partial charge is 0.383 e. The zero-order chi connectivity index (χ0) is 12.1. The molecule has 6 nitrogen and oxygen atoms in total. The third-order valence-corrected chi connectivity index (χ3v) is 2.57. The molecular weight excluding hydrogens is 210 g/mol. The molecule has 6 heteroatoms. The van der Waals surface area contributed by atoms with Crippen molar-refractivity contribution in [3.8, 4) is 0 Å². The molecule has 0 aromatic rings. The Morgan fingerprint density at radius 3 is 2.88 bits per heavy atom. The van der Waals surface area contributed by atoms with Crippen LogP contribution in [-0.2, 0) is 14.3 Å². The summed E-state index contributed by atoms with van der Waals surface area (Å²) in [6, 6.07) is -0.558. The quantitative estimate of drug-likeness (QED) is 0.627. The lowest BCUT2D eigenvalue weighted by molar-refractivity contribution is -0.133. The predicted octanol–water partition coefficient (Wildman–Crippen LogP) is -1.30. The SMILES string of the molecule is COCC(N)C(=O)N1CCC(NC(C)=O)C1. The first-order valence-corrected chi connectivity index (χ1v) is 5.35. The van der Waals surface area contributed by atoms with Crippen molar-refractivity contribution in [2.45, 2.75) is 25.4 Å². The van der Waals surface area contributed by atoms with Crippen LogP contribution in [0.15, 0.2) is 0 Å². The number of carbonyl (C=O) groups excluding carboxylic acids is 2. The third kappa shape index (κ3) is 3.46. The van der Waals surface area contributed by atoms with Crippen LogP contribution in [0.3, 0.4) is 0 Å². The molecule has 0 aromatic heterocycles. The van der Waals surface area contributed by atoms with Gasteiger partial charge in [0.15, 0.2) is 0 Å². The molecule has 0 aliphatic carbocycles. The fraction of sp³-hybridized carbons (Fsp3) is 0.800. The second kappa shape index (κ2) is 5.81. The van der Waals surface area contributed by atoms with E-state index in [1.165, 1.54) is 14.0 Å². The van der Waals surface area contributed by atoms with E-state index in [0.717, 1.165) is 6.42 Å². The monoisotopic (exact) mass is 229 g/mol. The highest BCUT2D eigenvalue weighted by atomic mass is 16.5. The fourth-order valence-electron chi connectivity index (χ4n) is 1.85. The lowest BCUT2D eigenvalue weighted by atomic mass is 10.2. The van der Waals surface area contributed by atoms with Crippen molar-refractivity contribution in [3.05, 3.63) is 0 Å². The van der Waals surface area contributed by atoms with Crippen molar-refractivity contribution in [1.29, 1.82) is 0 Å². The number of nitrogens with zero attached hydrogens (tertiary/aromatic N) is 1. The molecule has 2 atom stereocenters. The van der Waals surface area contributed by atoms with E-state index >= 15 is 0 Å². The summed E-state index contributed by atoms with van der Waals surface area (Å²) in [6.07, 6.45) is 0.783. The minimum atomic E-state index is -0.610. The molecule has 16 heavy (non-hydrogen) atoms. The van der Waals surface area contributed by atoms with Gasteiger partial charge in [-0.15, -0.1) is 0 Å². The van der Waals surface area contributed by atoms with Gasteiger partial charge >= 0.3 is 0 Å². The fourth-order valence-corrected chi connectivity index (χ4v) is 1.85. The molecule has 2 unspecified atom stereocenters. The Balaban J connectivity index is 2.40. The van der Waals surface area contributed by atoms with Gasteiger partial charge in [-0.1, -0.05) is 0 Å². The van der Waals surface area contributed by atoms with Gasteiger partial charge < -0.3 is 20.7 Å². The number of carbonyl (C=O) groups is 2. The highest BCUT2D eigenvalue weighted by Gasteiger charge is 2.29. The number of rotatable bonds is 4. The maximum atomic E-state index is 11.8. The average molecular weight is 229 g/mol. The van der Waals surface area contributed by atoms with Gasteiger partial charge in [0, 0.05) is 33.2 Å². The number of hydrogen-bond acceptors (Lipinski definition) is 4. The minimum Gasteiger partial charge on any atom is -0.383 e. The van der Waals surface area contributed by atoms with Crippen molar-refractivity contribution in [3.63, 3.8) is 0 Å². The summed E-state index contributed by atoms with van der Waals surface area (Å²) in [6.45, 7) is 2.87. The molecule has 2 amide bonds. The second-order valence-electron chi connectivity index (χ2n) is 4.03. The molecule has 1 fully saturated rings. The van der Waals surface area contributed by atoms with Gasteiger partial charge in [0.25, 0.3) is 0 Å². The molecule has 1 rings (SSSR count). The number of methoxy groups -OCH3 is 1. The van der Waals surface area contributed by atoms with E-state index in [4.69, 9.17) is 10.5 Å². The molecule has 0 saturated carbocycles. The van der Waals surface area contributed by atoms with Crippen molar-refractivity contribution in [1.82, 2.24) is 10.2 Å². The summed E-state index contributed by atoms with van der Waals surface area (Å²) in [5, 5.41) is 2.79. The van der Waals surface area contributed by atoms with Crippen LogP contribution in [0.25, 0.3) is 0 Å². The van der Waals surface area contributed by atoms with Gasteiger partial charge in [-0.05, 0) is 6.42 Å². The van der Waals surface area contributed by atoms with Crippen LogP contribution in [0.1, 0.15) is 13.3 Å². The first kappa shape index (κ1) is 12.9. The van der Waals surface area contributed by atoms with Crippen molar-refractivity contribution in [2.24, 2.45) is 5.73 Å². The highest BCUT2D eigenvalue weighted by molar-refractivity contribution is 5.82. The molecule has 0 spiro atoms. The maximum absolute atomic E-state index is 11.8. The number of amides is 2. The maximum Gasteiger partial charge on any atom is 0.241 e. The topological polar surface area (TPSA) is 84.7 Å². The van der Waals surface area contributed by atoms with Crippen LogP contribution in [0.4, 0.5) is 0 Å². The number of hydrogen-bond donors (Lipinski definition) is 2. The van der Waals surface area contributed by atoms with Gasteiger partial charge in [0.1, 0.15) is 6.04 Å². The number of likely N-dealkylation sites (tertiary alicyclic amines) is 1. The summed E-state index contributed by atoms with van der Waals surface area (Å²) in [7, 11) is 1.51. The van der Waals surface area contributed by atoms with Gasteiger partial charge in [-0.3, -0.25) is 9.59 Å². The highest BCUT2D eigenvalue weighted by Crippen LogP contribution is 2.10. The van der Waals surface area contributed by atoms with E-state index in [1.807, 2.05) is 0 Å². The van der Waals surface area contributed by atoms with E-state index in [-0.39, 0.29) is 24.5 Å². The van der Waals surface area contributed by atoms with E-state index < -0.39 is 6.04 Å². The molecular formula is C10H19N3O3. The van der Waals surface area contributed by atoms with Gasteiger partial charge in [-0.2, -0.15) is 0 Å². The summed E-state index contributed by atoms with van der Waals surface area (Å²) >= 11 is 0. The molecule has 3 N–H and O–H groups in total. The van der Waals surface area contributed by atoms with Crippen LogP contribution in [0.2, 0.25) is 0 Å². The summed E-state index contributed by atoms with van der Waals surface area (Å²) in [5.74, 6) is -0.185. The Hall–Kier alpha value is -1.14. The molecule has 1 aliphatic heterocycles. The van der Waals surface area contributed by atoms with E-state index in [2.05, 4.69) is 5.32 Å². The van der Waals surface area contributed by atoms with Gasteiger partial charge in [0.2, 0.25) is 11.8 Å². The van der Waals surface area contributed by atoms with E-state index in [9.17, 15) is 9.59 Å². The van der Waals surface area contributed by atoms with Gasteiger partial charge in [-0.25, -0.2) is 0 Å². The molecule has 1 heterocycles. The molecule has 1 saturated heterocycles. The van der Waals surface area contributed by atoms with Crippen LogP contribution < -0.4 is 11.1 Å². The number of nitrogens with one attached hydrogen (secondary N) is 1. The predicted molar refractivity (Wildman–Crippen MR) is 58.7 cm³/mol. The Morgan fingerprint density at radius 2 is 2.31 bits per heavy atom. The molecule has 0 aromatic carbocycles. The third-order valence-electron chi connectivity index (χ3n) is 2.57. The summed E-state index contributed by atoms with van der Waals surface area (Å²) < 4.78 is 4.83. The Labute approximate surface area is 95.1 Å². The van der Waals surface area contributed by atoms with Crippen LogP contribution in [0.5, 0.6) is 0 Å². The molecule has 92 valence electrons. The zero-order valence-corrected chi connectivity index (χ0v) is 9.73. The minimum absolute atomic E-state index is 0.0520. The summed E-state index contributed by atoms with van der Waals surface area (Å²) in [4.78, 5) is 24.3.